The Balaban J connectivity index is 1.97. The first-order valence-corrected chi connectivity index (χ1v) is 5.98. The molecule has 0 unspecified atom stereocenters. The molecule has 0 amide bonds. The molecule has 2 N–H and O–H groups in total. The summed E-state index contributed by atoms with van der Waals surface area (Å²) in [6.45, 7) is 0.506. The van der Waals surface area contributed by atoms with E-state index in [-0.39, 0.29) is 0 Å². The number of nitrogens with two attached hydrogens (primary N) is 1. The third-order valence-corrected chi connectivity index (χ3v) is 3.10. The van der Waals surface area contributed by atoms with Crippen LogP contribution in [0.25, 0.3) is 0 Å². The van der Waals surface area contributed by atoms with Crippen molar-refractivity contribution in [1.82, 2.24) is 4.98 Å². The van der Waals surface area contributed by atoms with Crippen LogP contribution in [0, 0.1) is 11.3 Å². The van der Waals surface area contributed by atoms with Crippen molar-refractivity contribution < 1.29 is 4.74 Å². The molecule has 2 heterocycles. The molecule has 0 aliphatic rings. The number of thiophene rings is 1. The normalized spacial score (nSPS) is 9.82. The maximum Gasteiger partial charge on any atom is 0.231 e. The third-order valence-electron chi connectivity index (χ3n) is 2.16. The predicted octanol–water partition coefficient (Wildman–Crippen LogP) is 2.22. The minimum atomic E-state index is 0.346. The average Bonchev–Trinajstić information content (AvgIpc) is 2.84. The van der Waals surface area contributed by atoms with E-state index in [9.17, 15) is 0 Å². The summed E-state index contributed by atoms with van der Waals surface area (Å²) < 4.78 is 5.47. The molecule has 86 valence electrons. The van der Waals surface area contributed by atoms with E-state index in [2.05, 4.69) is 11.1 Å². The van der Waals surface area contributed by atoms with Crippen LogP contribution < -0.4 is 10.5 Å². The smallest absolute Gasteiger partial charge is 0.231 e. The molecule has 0 saturated carbocycles. The molecule has 5 heteroatoms. The Morgan fingerprint density at radius 2 is 2.41 bits per heavy atom. The van der Waals surface area contributed by atoms with Crippen LogP contribution in [0.4, 0.5) is 5.69 Å². The maximum absolute atomic E-state index is 8.90. The summed E-state index contributed by atoms with van der Waals surface area (Å²) in [5.74, 6) is 0.346. The van der Waals surface area contributed by atoms with Gasteiger partial charge in [0.1, 0.15) is 11.6 Å². The number of aromatic nitrogens is 1. The van der Waals surface area contributed by atoms with Crippen molar-refractivity contribution in [3.05, 3.63) is 40.2 Å². The quantitative estimate of drug-likeness (QED) is 0.896. The number of ether oxygens (including phenoxy) is 1. The van der Waals surface area contributed by atoms with E-state index >= 15 is 0 Å². The summed E-state index contributed by atoms with van der Waals surface area (Å²) in [7, 11) is 0. The lowest BCUT2D eigenvalue weighted by atomic mass is 10.3. The van der Waals surface area contributed by atoms with Crippen LogP contribution in [0.15, 0.2) is 29.8 Å². The van der Waals surface area contributed by atoms with Crippen molar-refractivity contribution in [2.45, 2.75) is 6.42 Å². The molecular weight excluding hydrogens is 234 g/mol. The van der Waals surface area contributed by atoms with E-state index < -0.39 is 0 Å². The standard InChI is InChI=1S/C12H11N3OS/c13-7-9-6-10(14)8-15-12(9)16-4-3-11-2-1-5-17-11/h1-2,5-6,8H,3-4,14H2. The van der Waals surface area contributed by atoms with Gasteiger partial charge in [0.25, 0.3) is 0 Å². The second-order valence-electron chi connectivity index (χ2n) is 3.41. The SMILES string of the molecule is N#Cc1cc(N)cnc1OCCc1cccs1. The lowest BCUT2D eigenvalue weighted by molar-refractivity contribution is 0.309. The Morgan fingerprint density at radius 3 is 3.12 bits per heavy atom. The average molecular weight is 245 g/mol. The van der Waals surface area contributed by atoms with Crippen LogP contribution >= 0.6 is 11.3 Å². The van der Waals surface area contributed by atoms with Crippen LogP contribution in [-0.2, 0) is 6.42 Å². The van der Waals surface area contributed by atoms with Gasteiger partial charge in [0.05, 0.1) is 18.5 Å². The molecule has 4 nitrogen and oxygen atoms in total. The summed E-state index contributed by atoms with van der Waals surface area (Å²) >= 11 is 1.69. The number of nitrogens with zero attached hydrogens (tertiary/aromatic N) is 2. The lowest BCUT2D eigenvalue weighted by Gasteiger charge is -2.06. The van der Waals surface area contributed by atoms with Gasteiger partial charge in [-0.25, -0.2) is 4.98 Å². The molecule has 17 heavy (non-hydrogen) atoms. The first-order chi connectivity index (χ1) is 8.29. The number of pyridine rings is 1. The molecule has 2 rings (SSSR count). The highest BCUT2D eigenvalue weighted by Gasteiger charge is 2.05. The van der Waals surface area contributed by atoms with Crippen molar-refractivity contribution >= 4 is 17.0 Å². The first kappa shape index (κ1) is 11.4. The van der Waals surface area contributed by atoms with Gasteiger partial charge in [-0.05, 0) is 17.5 Å². The number of hydrogen-bond donors (Lipinski definition) is 1. The molecular formula is C12H11N3OS. The van der Waals surface area contributed by atoms with Crippen LogP contribution in [0.3, 0.4) is 0 Å². The zero-order valence-electron chi connectivity index (χ0n) is 9.09. The molecule has 0 saturated heterocycles. The van der Waals surface area contributed by atoms with Crippen LogP contribution in [0.1, 0.15) is 10.4 Å². The maximum atomic E-state index is 8.90. The van der Waals surface area contributed by atoms with E-state index in [4.69, 9.17) is 15.7 Å². The zero-order chi connectivity index (χ0) is 12.1. The van der Waals surface area contributed by atoms with Crippen molar-refractivity contribution in [3.63, 3.8) is 0 Å². The van der Waals surface area contributed by atoms with Gasteiger partial charge in [0.15, 0.2) is 0 Å². The highest BCUT2D eigenvalue weighted by molar-refractivity contribution is 7.09. The second kappa shape index (κ2) is 5.32. The largest absolute Gasteiger partial charge is 0.476 e. The molecule has 0 aliphatic heterocycles. The van der Waals surface area contributed by atoms with Gasteiger partial charge in [0.2, 0.25) is 5.88 Å². The predicted molar refractivity (Wildman–Crippen MR) is 66.9 cm³/mol. The van der Waals surface area contributed by atoms with Gasteiger partial charge in [-0.2, -0.15) is 5.26 Å². The Hall–Kier alpha value is -2.06. The number of rotatable bonds is 4. The summed E-state index contributed by atoms with van der Waals surface area (Å²) in [6, 6.07) is 7.63. The van der Waals surface area contributed by atoms with Gasteiger partial charge in [-0.3, -0.25) is 0 Å². The minimum Gasteiger partial charge on any atom is -0.476 e. The van der Waals surface area contributed by atoms with Crippen LogP contribution in [-0.4, -0.2) is 11.6 Å². The monoisotopic (exact) mass is 245 g/mol. The van der Waals surface area contributed by atoms with Crippen molar-refractivity contribution in [2.75, 3.05) is 12.3 Å². The molecule has 0 aliphatic carbocycles. The fourth-order valence-electron chi connectivity index (χ4n) is 1.37. The lowest BCUT2D eigenvalue weighted by Crippen LogP contribution is -2.03. The third kappa shape index (κ3) is 2.95. The minimum absolute atomic E-state index is 0.346. The molecule has 0 fully saturated rings. The van der Waals surface area contributed by atoms with Gasteiger partial charge in [-0.1, -0.05) is 6.07 Å². The molecule has 0 radical (unpaired) electrons. The van der Waals surface area contributed by atoms with Crippen molar-refractivity contribution in [2.24, 2.45) is 0 Å². The van der Waals surface area contributed by atoms with Crippen LogP contribution in [0.5, 0.6) is 5.88 Å². The van der Waals surface area contributed by atoms with E-state index in [0.29, 0.717) is 23.7 Å². The van der Waals surface area contributed by atoms with Gasteiger partial charge in [0, 0.05) is 11.3 Å². The number of anilines is 1. The Labute approximate surface area is 103 Å². The number of nitriles is 1. The number of hydrogen-bond acceptors (Lipinski definition) is 5. The molecule has 0 aromatic carbocycles. The highest BCUT2D eigenvalue weighted by Crippen LogP contribution is 2.17. The number of nitrogen functional groups attached to an aromatic ring is 1. The van der Waals surface area contributed by atoms with E-state index in [0.717, 1.165) is 6.42 Å². The Morgan fingerprint density at radius 1 is 1.53 bits per heavy atom. The van der Waals surface area contributed by atoms with Gasteiger partial charge >= 0.3 is 0 Å². The molecule has 2 aromatic rings. The summed E-state index contributed by atoms with van der Waals surface area (Å²) in [6.07, 6.45) is 2.30. The molecule has 0 bridgehead atoms. The van der Waals surface area contributed by atoms with Gasteiger partial charge in [-0.15, -0.1) is 11.3 Å². The van der Waals surface area contributed by atoms with E-state index in [1.54, 1.807) is 17.4 Å². The summed E-state index contributed by atoms with van der Waals surface area (Å²) in [4.78, 5) is 5.25. The molecule has 2 aromatic heterocycles. The van der Waals surface area contributed by atoms with E-state index in [1.807, 2.05) is 17.5 Å². The highest BCUT2D eigenvalue weighted by atomic mass is 32.1. The summed E-state index contributed by atoms with van der Waals surface area (Å²) in [5.41, 5.74) is 6.38. The molecule has 0 spiro atoms. The second-order valence-corrected chi connectivity index (χ2v) is 4.44. The van der Waals surface area contributed by atoms with Crippen LogP contribution in [0.2, 0.25) is 0 Å². The Bertz CT molecular complexity index is 531. The van der Waals surface area contributed by atoms with E-state index in [1.165, 1.54) is 11.1 Å². The zero-order valence-corrected chi connectivity index (χ0v) is 9.91. The topological polar surface area (TPSA) is 71.9 Å². The van der Waals surface area contributed by atoms with Gasteiger partial charge < -0.3 is 10.5 Å². The Kier molecular flexibility index (Phi) is 3.58. The summed E-state index contributed by atoms with van der Waals surface area (Å²) in [5, 5.41) is 10.9. The fraction of sp³-hybridized carbons (Fsp3) is 0.167. The van der Waals surface area contributed by atoms with Crippen molar-refractivity contribution in [3.8, 4) is 11.9 Å². The fourth-order valence-corrected chi connectivity index (χ4v) is 2.06. The molecule has 0 atom stereocenters. The van der Waals surface area contributed by atoms with Crippen molar-refractivity contribution in [1.29, 1.82) is 5.26 Å². The first-order valence-electron chi connectivity index (χ1n) is 5.10.